The van der Waals surface area contributed by atoms with E-state index in [2.05, 4.69) is 31.5 Å². The molecule has 0 spiro atoms. The lowest BCUT2D eigenvalue weighted by Crippen LogP contribution is -2.15. The molecule has 1 saturated heterocycles. The van der Waals surface area contributed by atoms with Gasteiger partial charge in [0, 0.05) is 17.0 Å². The average molecular weight is 390 g/mol. The summed E-state index contributed by atoms with van der Waals surface area (Å²) in [6.07, 6.45) is 4.25. The standard InChI is InChI=1S/C18H20BrN3O2/c19-14-2-1-3-16(10-14)24-18-7-5-15(12-21-18)22-17(23)6-4-13-8-9-20-11-13/h1-3,5,7,10,12-13,20H,4,6,8-9,11H2,(H,22,23). The Kier molecular flexibility index (Phi) is 5.82. The van der Waals surface area contributed by atoms with Gasteiger partial charge in [-0.2, -0.15) is 0 Å². The Bertz CT molecular complexity index is 685. The zero-order chi connectivity index (χ0) is 16.8. The number of carbonyl (C=O) groups excluding carboxylic acids is 1. The van der Waals surface area contributed by atoms with E-state index in [9.17, 15) is 4.79 Å². The molecule has 0 aliphatic carbocycles. The van der Waals surface area contributed by atoms with Crippen LogP contribution < -0.4 is 15.4 Å². The predicted octanol–water partition coefficient (Wildman–Crippen LogP) is 3.96. The van der Waals surface area contributed by atoms with Crippen molar-refractivity contribution < 1.29 is 9.53 Å². The second-order valence-electron chi connectivity index (χ2n) is 5.89. The summed E-state index contributed by atoms with van der Waals surface area (Å²) in [5.74, 6) is 1.85. The molecule has 1 atom stereocenters. The number of nitrogens with one attached hydrogen (secondary N) is 2. The van der Waals surface area contributed by atoms with E-state index in [4.69, 9.17) is 4.74 Å². The zero-order valence-corrected chi connectivity index (χ0v) is 14.9. The molecular formula is C18H20BrN3O2. The summed E-state index contributed by atoms with van der Waals surface area (Å²) < 4.78 is 6.62. The molecule has 1 fully saturated rings. The molecule has 126 valence electrons. The van der Waals surface area contributed by atoms with Gasteiger partial charge in [0.1, 0.15) is 5.75 Å². The quantitative estimate of drug-likeness (QED) is 0.784. The Morgan fingerprint density at radius 2 is 2.29 bits per heavy atom. The van der Waals surface area contributed by atoms with Crippen molar-refractivity contribution in [2.75, 3.05) is 18.4 Å². The molecule has 3 rings (SSSR count). The number of benzene rings is 1. The van der Waals surface area contributed by atoms with E-state index < -0.39 is 0 Å². The van der Waals surface area contributed by atoms with Gasteiger partial charge in [-0.1, -0.05) is 22.0 Å². The number of hydrogen-bond acceptors (Lipinski definition) is 4. The minimum absolute atomic E-state index is 0.0318. The van der Waals surface area contributed by atoms with E-state index in [0.717, 1.165) is 30.4 Å². The molecule has 0 radical (unpaired) electrons. The van der Waals surface area contributed by atoms with Gasteiger partial charge < -0.3 is 15.4 Å². The van der Waals surface area contributed by atoms with Gasteiger partial charge in [-0.05, 0) is 56.1 Å². The third-order valence-corrected chi connectivity index (χ3v) is 4.47. The first kappa shape index (κ1) is 16.9. The fourth-order valence-electron chi connectivity index (χ4n) is 2.69. The topological polar surface area (TPSA) is 63.2 Å². The summed E-state index contributed by atoms with van der Waals surface area (Å²) in [6.45, 7) is 2.09. The summed E-state index contributed by atoms with van der Waals surface area (Å²) in [5.41, 5.74) is 0.686. The van der Waals surface area contributed by atoms with Crippen LogP contribution >= 0.6 is 15.9 Å². The molecule has 2 aromatic rings. The molecule has 1 aromatic carbocycles. The number of carbonyl (C=O) groups is 1. The van der Waals surface area contributed by atoms with Crippen molar-refractivity contribution >= 4 is 27.5 Å². The number of nitrogens with zero attached hydrogens (tertiary/aromatic N) is 1. The molecular weight excluding hydrogens is 370 g/mol. The lowest BCUT2D eigenvalue weighted by Gasteiger charge is -2.09. The maximum Gasteiger partial charge on any atom is 0.224 e. The van der Waals surface area contributed by atoms with Gasteiger partial charge >= 0.3 is 0 Å². The first-order chi connectivity index (χ1) is 11.7. The highest BCUT2D eigenvalue weighted by molar-refractivity contribution is 9.10. The molecule has 6 heteroatoms. The number of amides is 1. The second-order valence-corrected chi connectivity index (χ2v) is 6.81. The number of rotatable bonds is 6. The highest BCUT2D eigenvalue weighted by Gasteiger charge is 2.15. The highest BCUT2D eigenvalue weighted by Crippen LogP contribution is 2.23. The molecule has 5 nitrogen and oxygen atoms in total. The fourth-order valence-corrected chi connectivity index (χ4v) is 3.06. The molecule has 2 N–H and O–H groups in total. The summed E-state index contributed by atoms with van der Waals surface area (Å²) in [7, 11) is 0. The average Bonchev–Trinajstić information content (AvgIpc) is 3.08. The molecule has 24 heavy (non-hydrogen) atoms. The summed E-state index contributed by atoms with van der Waals surface area (Å²) in [6, 6.07) is 11.1. The van der Waals surface area contributed by atoms with Crippen LogP contribution in [0.2, 0.25) is 0 Å². The molecule has 2 heterocycles. The first-order valence-electron chi connectivity index (χ1n) is 8.09. The van der Waals surface area contributed by atoms with Crippen molar-refractivity contribution in [1.82, 2.24) is 10.3 Å². The van der Waals surface area contributed by atoms with Crippen molar-refractivity contribution in [3.05, 3.63) is 47.1 Å². The monoisotopic (exact) mass is 389 g/mol. The smallest absolute Gasteiger partial charge is 0.224 e. The Morgan fingerprint density at radius 1 is 1.38 bits per heavy atom. The lowest BCUT2D eigenvalue weighted by molar-refractivity contribution is -0.116. The number of aromatic nitrogens is 1. The molecule has 0 saturated carbocycles. The second kappa shape index (κ2) is 8.26. The lowest BCUT2D eigenvalue weighted by atomic mass is 10.0. The van der Waals surface area contributed by atoms with E-state index in [0.29, 0.717) is 29.7 Å². The first-order valence-corrected chi connectivity index (χ1v) is 8.88. The largest absolute Gasteiger partial charge is 0.439 e. The van der Waals surface area contributed by atoms with Gasteiger partial charge in [-0.25, -0.2) is 4.98 Å². The third kappa shape index (κ3) is 5.04. The van der Waals surface area contributed by atoms with E-state index >= 15 is 0 Å². The molecule has 1 aliphatic heterocycles. The third-order valence-electron chi connectivity index (χ3n) is 3.98. The van der Waals surface area contributed by atoms with Gasteiger partial charge in [0.2, 0.25) is 11.8 Å². The number of halogens is 1. The van der Waals surface area contributed by atoms with Crippen LogP contribution in [0.15, 0.2) is 47.1 Å². The van der Waals surface area contributed by atoms with E-state index in [1.165, 1.54) is 0 Å². The van der Waals surface area contributed by atoms with Crippen LogP contribution in [-0.4, -0.2) is 24.0 Å². The molecule has 1 unspecified atom stereocenters. The van der Waals surface area contributed by atoms with Crippen LogP contribution in [0.1, 0.15) is 19.3 Å². The van der Waals surface area contributed by atoms with E-state index in [1.807, 2.05) is 24.3 Å². The van der Waals surface area contributed by atoms with Crippen LogP contribution in [-0.2, 0) is 4.79 Å². The van der Waals surface area contributed by atoms with E-state index in [1.54, 1.807) is 18.3 Å². The molecule has 1 aliphatic rings. The van der Waals surface area contributed by atoms with Crippen molar-refractivity contribution in [1.29, 1.82) is 0 Å². The van der Waals surface area contributed by atoms with E-state index in [-0.39, 0.29) is 5.91 Å². The molecule has 1 amide bonds. The number of ether oxygens (including phenoxy) is 1. The Labute approximate surface area is 149 Å². The Hall–Kier alpha value is -1.92. The zero-order valence-electron chi connectivity index (χ0n) is 13.3. The van der Waals surface area contributed by atoms with Crippen LogP contribution in [0.4, 0.5) is 5.69 Å². The summed E-state index contributed by atoms with van der Waals surface area (Å²) in [5, 5.41) is 6.20. The van der Waals surface area contributed by atoms with Crippen LogP contribution in [0, 0.1) is 5.92 Å². The normalized spacial score (nSPS) is 16.8. The fraction of sp³-hybridized carbons (Fsp3) is 0.333. The van der Waals surface area contributed by atoms with Gasteiger partial charge in [0.05, 0.1) is 11.9 Å². The van der Waals surface area contributed by atoms with Crippen molar-refractivity contribution in [3.8, 4) is 11.6 Å². The van der Waals surface area contributed by atoms with Gasteiger partial charge in [-0.15, -0.1) is 0 Å². The number of pyridine rings is 1. The van der Waals surface area contributed by atoms with Crippen LogP contribution in [0.5, 0.6) is 11.6 Å². The number of anilines is 1. The van der Waals surface area contributed by atoms with Crippen LogP contribution in [0.25, 0.3) is 0 Å². The van der Waals surface area contributed by atoms with Crippen molar-refractivity contribution in [2.24, 2.45) is 5.92 Å². The maximum atomic E-state index is 12.0. The van der Waals surface area contributed by atoms with Crippen LogP contribution in [0.3, 0.4) is 0 Å². The highest BCUT2D eigenvalue weighted by atomic mass is 79.9. The maximum absolute atomic E-state index is 12.0. The minimum Gasteiger partial charge on any atom is -0.439 e. The molecule has 1 aromatic heterocycles. The number of hydrogen-bond donors (Lipinski definition) is 2. The van der Waals surface area contributed by atoms with Crippen molar-refractivity contribution in [2.45, 2.75) is 19.3 Å². The molecule has 0 bridgehead atoms. The van der Waals surface area contributed by atoms with Gasteiger partial charge in [0.15, 0.2) is 0 Å². The Balaban J connectivity index is 1.49. The predicted molar refractivity (Wildman–Crippen MR) is 97.3 cm³/mol. The summed E-state index contributed by atoms with van der Waals surface area (Å²) in [4.78, 5) is 16.2. The SMILES string of the molecule is O=C(CCC1CCNC1)Nc1ccc(Oc2cccc(Br)c2)nc1. The van der Waals surface area contributed by atoms with Crippen molar-refractivity contribution in [3.63, 3.8) is 0 Å². The van der Waals surface area contributed by atoms with Gasteiger partial charge in [0.25, 0.3) is 0 Å². The minimum atomic E-state index is 0.0318. The Morgan fingerprint density at radius 3 is 3.00 bits per heavy atom. The van der Waals surface area contributed by atoms with Gasteiger partial charge in [-0.3, -0.25) is 4.79 Å². The summed E-state index contributed by atoms with van der Waals surface area (Å²) >= 11 is 3.40.